The lowest BCUT2D eigenvalue weighted by Gasteiger charge is -2.25. The van der Waals surface area contributed by atoms with E-state index in [0.717, 1.165) is 6.26 Å². The molecule has 1 rings (SSSR count). The zero-order valence-electron chi connectivity index (χ0n) is 12.2. The Morgan fingerprint density at radius 2 is 1.95 bits per heavy atom. The van der Waals surface area contributed by atoms with E-state index in [-0.39, 0.29) is 16.9 Å². The van der Waals surface area contributed by atoms with Crippen molar-refractivity contribution in [3.05, 3.63) is 29.8 Å². The largest absolute Gasteiger partial charge is 0.480 e. The van der Waals surface area contributed by atoms with Crippen molar-refractivity contribution in [2.24, 2.45) is 0 Å². The van der Waals surface area contributed by atoms with Crippen LogP contribution in [0.4, 0.5) is 0 Å². The van der Waals surface area contributed by atoms with E-state index >= 15 is 0 Å². The molecule has 0 heterocycles. The number of sulfone groups is 1. The molecule has 0 radical (unpaired) electrons. The Labute approximate surface area is 124 Å². The summed E-state index contributed by atoms with van der Waals surface area (Å²) < 4.78 is 23.0. The maximum absolute atomic E-state index is 12.1. The number of carboxylic acid groups (broad SMARTS) is 1. The molecule has 0 saturated carbocycles. The summed E-state index contributed by atoms with van der Waals surface area (Å²) in [6, 6.07) is 5.51. The molecule has 0 spiro atoms. The first-order valence-corrected chi connectivity index (χ1v) is 8.35. The number of hydrogen-bond acceptors (Lipinski definition) is 4. The molecule has 0 fully saturated rings. The summed E-state index contributed by atoms with van der Waals surface area (Å²) >= 11 is 0. The fourth-order valence-electron chi connectivity index (χ4n) is 1.91. The first-order valence-electron chi connectivity index (χ1n) is 6.46. The fraction of sp³-hybridized carbons (Fsp3) is 0.429. The Balaban J connectivity index is 3.07. The molecule has 0 bridgehead atoms. The van der Waals surface area contributed by atoms with Crippen molar-refractivity contribution in [1.82, 2.24) is 5.32 Å². The number of benzene rings is 1. The molecular weight excluding hydrogens is 294 g/mol. The topological polar surface area (TPSA) is 101 Å². The van der Waals surface area contributed by atoms with Crippen molar-refractivity contribution in [2.45, 2.75) is 37.1 Å². The van der Waals surface area contributed by atoms with Gasteiger partial charge >= 0.3 is 5.97 Å². The number of carbonyl (C=O) groups is 2. The van der Waals surface area contributed by atoms with Crippen molar-refractivity contribution in [3.63, 3.8) is 0 Å². The van der Waals surface area contributed by atoms with Gasteiger partial charge in [-0.2, -0.15) is 0 Å². The molecule has 116 valence electrons. The summed E-state index contributed by atoms with van der Waals surface area (Å²) in [7, 11) is -3.43. The minimum atomic E-state index is -3.43. The number of hydrogen-bond donors (Lipinski definition) is 2. The molecule has 21 heavy (non-hydrogen) atoms. The number of rotatable bonds is 6. The monoisotopic (exact) mass is 313 g/mol. The Morgan fingerprint density at radius 1 is 1.33 bits per heavy atom. The lowest BCUT2D eigenvalue weighted by molar-refractivity contribution is -0.144. The maximum atomic E-state index is 12.1. The molecule has 6 nitrogen and oxygen atoms in total. The van der Waals surface area contributed by atoms with Crippen LogP contribution in [-0.2, 0) is 14.6 Å². The predicted molar refractivity (Wildman–Crippen MR) is 78.0 cm³/mol. The lowest BCUT2D eigenvalue weighted by atomic mass is 9.96. The average molecular weight is 313 g/mol. The Morgan fingerprint density at radius 3 is 2.43 bits per heavy atom. The molecule has 0 aliphatic carbocycles. The highest BCUT2D eigenvalue weighted by molar-refractivity contribution is 7.90. The van der Waals surface area contributed by atoms with Crippen LogP contribution >= 0.6 is 0 Å². The highest BCUT2D eigenvalue weighted by atomic mass is 32.2. The van der Waals surface area contributed by atoms with E-state index in [1.54, 1.807) is 0 Å². The third-order valence-corrected chi connectivity index (χ3v) is 4.25. The first-order chi connectivity index (χ1) is 9.60. The molecule has 0 saturated heterocycles. The van der Waals surface area contributed by atoms with Gasteiger partial charge in [0.15, 0.2) is 9.84 Å². The van der Waals surface area contributed by atoms with Gasteiger partial charge in [0.05, 0.1) is 4.90 Å². The molecule has 1 amide bonds. The number of aliphatic carboxylic acids is 1. The summed E-state index contributed by atoms with van der Waals surface area (Å²) in [6.07, 6.45) is 1.91. The summed E-state index contributed by atoms with van der Waals surface area (Å²) in [5.74, 6) is -1.74. The number of carbonyl (C=O) groups excluding carboxylic acids is 1. The third-order valence-electron chi connectivity index (χ3n) is 3.14. The van der Waals surface area contributed by atoms with Crippen LogP contribution in [0.2, 0.25) is 0 Å². The van der Waals surface area contributed by atoms with Crippen molar-refractivity contribution < 1.29 is 23.1 Å². The average Bonchev–Trinajstić information content (AvgIpc) is 2.38. The molecule has 0 aromatic heterocycles. The van der Waals surface area contributed by atoms with Crippen molar-refractivity contribution in [1.29, 1.82) is 0 Å². The normalized spacial score (nSPS) is 14.2. The Hall–Kier alpha value is -1.89. The summed E-state index contributed by atoms with van der Waals surface area (Å²) in [5.41, 5.74) is -1.27. The molecule has 7 heteroatoms. The van der Waals surface area contributed by atoms with Gasteiger partial charge in [0.2, 0.25) is 0 Å². The van der Waals surface area contributed by atoms with Crippen LogP contribution < -0.4 is 5.32 Å². The summed E-state index contributed by atoms with van der Waals surface area (Å²) in [6.45, 7) is 3.24. The van der Waals surface area contributed by atoms with Gasteiger partial charge in [-0.1, -0.05) is 19.4 Å². The fourth-order valence-corrected chi connectivity index (χ4v) is 2.58. The second-order valence-electron chi connectivity index (χ2n) is 5.14. The zero-order valence-corrected chi connectivity index (χ0v) is 13.0. The van der Waals surface area contributed by atoms with Crippen LogP contribution in [0.15, 0.2) is 29.2 Å². The lowest BCUT2D eigenvalue weighted by Crippen LogP contribution is -2.52. The molecule has 1 unspecified atom stereocenters. The number of carboxylic acids is 1. The maximum Gasteiger partial charge on any atom is 0.329 e. The number of nitrogens with one attached hydrogen (secondary N) is 1. The van der Waals surface area contributed by atoms with E-state index in [2.05, 4.69) is 5.32 Å². The highest BCUT2D eigenvalue weighted by Gasteiger charge is 2.34. The van der Waals surface area contributed by atoms with E-state index in [0.29, 0.717) is 6.42 Å². The standard InChI is InChI=1S/C14H19NO5S/c1-4-8-14(2,13(17)18)15-12(16)10-6-5-7-11(9-10)21(3,19)20/h5-7,9H,4,8H2,1-3H3,(H,15,16)(H,17,18). The SMILES string of the molecule is CCCC(C)(NC(=O)c1cccc(S(C)(=O)=O)c1)C(=O)O. The Bertz CT molecular complexity index is 653. The molecule has 1 atom stereocenters. The Kier molecular flexibility index (Phi) is 5.11. The zero-order chi connectivity index (χ0) is 16.3. The van der Waals surface area contributed by atoms with Gasteiger partial charge in [-0.25, -0.2) is 13.2 Å². The van der Waals surface area contributed by atoms with Crippen LogP contribution in [0.1, 0.15) is 37.0 Å². The van der Waals surface area contributed by atoms with E-state index in [4.69, 9.17) is 0 Å². The van der Waals surface area contributed by atoms with E-state index in [9.17, 15) is 23.1 Å². The molecule has 0 aliphatic rings. The molecular formula is C14H19NO5S. The van der Waals surface area contributed by atoms with Crippen LogP contribution in [-0.4, -0.2) is 37.2 Å². The second kappa shape index (κ2) is 6.26. The quantitative estimate of drug-likeness (QED) is 0.828. The van der Waals surface area contributed by atoms with Gasteiger partial charge < -0.3 is 10.4 Å². The van der Waals surface area contributed by atoms with Crippen LogP contribution in [0.3, 0.4) is 0 Å². The summed E-state index contributed by atoms with van der Waals surface area (Å²) in [5, 5.41) is 11.7. The smallest absolute Gasteiger partial charge is 0.329 e. The highest BCUT2D eigenvalue weighted by Crippen LogP contribution is 2.16. The molecule has 2 N–H and O–H groups in total. The van der Waals surface area contributed by atoms with Gasteiger partial charge in [-0.15, -0.1) is 0 Å². The minimum absolute atomic E-state index is 0.0164. The number of amides is 1. The van der Waals surface area contributed by atoms with E-state index < -0.39 is 27.3 Å². The van der Waals surface area contributed by atoms with Crippen LogP contribution in [0.5, 0.6) is 0 Å². The van der Waals surface area contributed by atoms with Crippen molar-refractivity contribution in [3.8, 4) is 0 Å². The van der Waals surface area contributed by atoms with Gasteiger partial charge in [-0.05, 0) is 31.5 Å². The first kappa shape index (κ1) is 17.2. The van der Waals surface area contributed by atoms with Crippen LogP contribution in [0.25, 0.3) is 0 Å². The van der Waals surface area contributed by atoms with Gasteiger partial charge in [0, 0.05) is 11.8 Å². The van der Waals surface area contributed by atoms with Crippen molar-refractivity contribution in [2.75, 3.05) is 6.26 Å². The third kappa shape index (κ3) is 4.29. The minimum Gasteiger partial charge on any atom is -0.480 e. The molecule has 0 aliphatic heterocycles. The van der Waals surface area contributed by atoms with Gasteiger partial charge in [-0.3, -0.25) is 4.79 Å². The molecule has 1 aromatic carbocycles. The predicted octanol–water partition coefficient (Wildman–Crippen LogP) is 1.46. The van der Waals surface area contributed by atoms with Gasteiger partial charge in [0.1, 0.15) is 5.54 Å². The van der Waals surface area contributed by atoms with E-state index in [1.807, 2.05) is 6.92 Å². The molecule has 1 aromatic rings. The van der Waals surface area contributed by atoms with E-state index in [1.165, 1.54) is 31.2 Å². The van der Waals surface area contributed by atoms with Crippen molar-refractivity contribution >= 4 is 21.7 Å². The van der Waals surface area contributed by atoms with Crippen LogP contribution in [0, 0.1) is 0 Å². The summed E-state index contributed by atoms with van der Waals surface area (Å²) in [4.78, 5) is 23.5. The van der Waals surface area contributed by atoms with Gasteiger partial charge in [0.25, 0.3) is 5.91 Å². The second-order valence-corrected chi connectivity index (χ2v) is 7.16.